The summed E-state index contributed by atoms with van der Waals surface area (Å²) in [6, 6.07) is 12.1. The van der Waals surface area contributed by atoms with Crippen LogP contribution in [0.3, 0.4) is 0 Å². The van der Waals surface area contributed by atoms with Crippen LogP contribution >= 0.6 is 0 Å². The monoisotopic (exact) mass is 480 g/mol. The van der Waals surface area contributed by atoms with Gasteiger partial charge in [0, 0.05) is 23.5 Å². The minimum Gasteiger partial charge on any atom is -0.497 e. The molecule has 1 amide bonds. The lowest BCUT2D eigenvalue weighted by Gasteiger charge is -2.24. The molecule has 1 unspecified atom stereocenters. The number of hydrogen-bond donors (Lipinski definition) is 1. The summed E-state index contributed by atoms with van der Waals surface area (Å²) < 4.78 is 45.6. The number of aryl methyl sites for hydroxylation is 1. The first kappa shape index (κ1) is 22.5. The molecule has 11 heteroatoms. The Morgan fingerprint density at radius 2 is 1.80 bits per heavy atom. The second kappa shape index (κ2) is 8.49. The Balaban J connectivity index is 1.55. The number of nitrogens with zero attached hydrogens (tertiary/aromatic N) is 5. The maximum Gasteiger partial charge on any atom is 0.416 e. The lowest BCUT2D eigenvalue weighted by Crippen LogP contribution is -2.25. The van der Waals surface area contributed by atoms with Crippen LogP contribution in [0.1, 0.15) is 34.7 Å². The van der Waals surface area contributed by atoms with Crippen LogP contribution in [0.25, 0.3) is 17.2 Å². The highest BCUT2D eigenvalue weighted by Crippen LogP contribution is 2.40. The van der Waals surface area contributed by atoms with E-state index in [0.29, 0.717) is 34.1 Å². The van der Waals surface area contributed by atoms with E-state index in [0.717, 1.165) is 17.7 Å². The molecule has 35 heavy (non-hydrogen) atoms. The number of amides is 1. The number of nitrogens with one attached hydrogen (secondary N) is 1. The minimum absolute atomic E-state index is 0.0793. The van der Waals surface area contributed by atoms with Gasteiger partial charge in [-0.3, -0.25) is 4.79 Å². The molecule has 8 nitrogen and oxygen atoms in total. The van der Waals surface area contributed by atoms with E-state index >= 15 is 0 Å². The SMILES string of the molecule is COc1ccc(-c2cnnc(-n3nc(C)c4c3NC(=O)CC4c3ccc(C(F)(F)F)cc3)n2)cc1. The van der Waals surface area contributed by atoms with E-state index in [1.54, 1.807) is 26.2 Å². The molecule has 1 aliphatic heterocycles. The summed E-state index contributed by atoms with van der Waals surface area (Å²) in [5, 5.41) is 15.5. The van der Waals surface area contributed by atoms with Crippen molar-refractivity contribution >= 4 is 11.7 Å². The molecule has 0 fully saturated rings. The van der Waals surface area contributed by atoms with Crippen molar-refractivity contribution in [2.24, 2.45) is 0 Å². The zero-order valence-corrected chi connectivity index (χ0v) is 18.7. The number of rotatable bonds is 4. The molecule has 2 aromatic carbocycles. The quantitative estimate of drug-likeness (QED) is 0.461. The number of hydrogen-bond acceptors (Lipinski definition) is 6. The zero-order chi connectivity index (χ0) is 24.7. The molecule has 0 spiro atoms. The van der Waals surface area contributed by atoms with Gasteiger partial charge in [0.1, 0.15) is 11.6 Å². The smallest absolute Gasteiger partial charge is 0.416 e. The highest BCUT2D eigenvalue weighted by Gasteiger charge is 2.35. The predicted molar refractivity (Wildman–Crippen MR) is 120 cm³/mol. The van der Waals surface area contributed by atoms with Gasteiger partial charge in [0.15, 0.2) is 0 Å². The van der Waals surface area contributed by atoms with Crippen LogP contribution in [0, 0.1) is 6.92 Å². The number of methoxy groups -OCH3 is 1. The van der Waals surface area contributed by atoms with Gasteiger partial charge in [0.25, 0.3) is 5.95 Å². The summed E-state index contributed by atoms with van der Waals surface area (Å²) in [4.78, 5) is 17.1. The van der Waals surface area contributed by atoms with E-state index in [2.05, 4.69) is 25.6 Å². The molecule has 3 heterocycles. The van der Waals surface area contributed by atoms with Crippen molar-refractivity contribution in [2.45, 2.75) is 25.4 Å². The van der Waals surface area contributed by atoms with Crippen molar-refractivity contribution in [2.75, 3.05) is 12.4 Å². The fraction of sp³-hybridized carbons (Fsp3) is 0.208. The average molecular weight is 480 g/mol. The number of aromatic nitrogens is 5. The summed E-state index contributed by atoms with van der Waals surface area (Å²) >= 11 is 0. The second-order valence-corrected chi connectivity index (χ2v) is 8.05. The Bertz CT molecular complexity index is 1400. The van der Waals surface area contributed by atoms with Gasteiger partial charge in [-0.1, -0.05) is 12.1 Å². The molecule has 1 aliphatic rings. The molecule has 0 saturated heterocycles. The Hall–Kier alpha value is -4.28. The molecule has 0 radical (unpaired) electrons. The minimum atomic E-state index is -4.44. The highest BCUT2D eigenvalue weighted by molar-refractivity contribution is 5.95. The largest absolute Gasteiger partial charge is 0.497 e. The van der Waals surface area contributed by atoms with Crippen molar-refractivity contribution < 1.29 is 22.7 Å². The van der Waals surface area contributed by atoms with E-state index in [-0.39, 0.29) is 18.3 Å². The fourth-order valence-electron chi connectivity index (χ4n) is 4.17. The van der Waals surface area contributed by atoms with Crippen molar-refractivity contribution in [1.29, 1.82) is 0 Å². The Labute approximate surface area is 197 Å². The molecule has 0 saturated carbocycles. The standard InChI is InChI=1S/C24H19F3N6O2/c1-13-21-18(14-3-7-16(8-4-14)24(25,26)27)11-20(34)30-22(21)33(32-13)23-29-19(12-28-31-23)15-5-9-17(35-2)10-6-15/h3-10,12,18H,11H2,1-2H3,(H,30,34). The molecule has 2 aromatic heterocycles. The molecular weight excluding hydrogens is 461 g/mol. The van der Waals surface area contributed by atoms with Crippen LogP contribution < -0.4 is 10.1 Å². The first-order chi connectivity index (χ1) is 16.7. The third-order valence-corrected chi connectivity index (χ3v) is 5.87. The summed E-state index contributed by atoms with van der Waals surface area (Å²) in [6.45, 7) is 1.77. The Morgan fingerprint density at radius 1 is 1.09 bits per heavy atom. The maximum atomic E-state index is 13.0. The number of ether oxygens (including phenoxy) is 1. The molecule has 0 aliphatic carbocycles. The maximum absolute atomic E-state index is 13.0. The number of carbonyl (C=O) groups excluding carboxylic acids is 1. The highest BCUT2D eigenvalue weighted by atomic mass is 19.4. The summed E-state index contributed by atoms with van der Waals surface area (Å²) in [5.74, 6) is 0.466. The molecule has 1 atom stereocenters. The fourth-order valence-corrected chi connectivity index (χ4v) is 4.17. The Kier molecular flexibility index (Phi) is 5.46. The third kappa shape index (κ3) is 4.20. The predicted octanol–water partition coefficient (Wildman–Crippen LogP) is 4.53. The van der Waals surface area contributed by atoms with Crippen LogP contribution in [0.5, 0.6) is 5.75 Å². The van der Waals surface area contributed by atoms with Crippen LogP contribution in [-0.4, -0.2) is 38.0 Å². The van der Waals surface area contributed by atoms with Gasteiger partial charge >= 0.3 is 6.18 Å². The average Bonchev–Trinajstić information content (AvgIpc) is 3.19. The molecular formula is C24H19F3N6O2. The molecule has 178 valence electrons. The number of carbonyl (C=O) groups is 1. The van der Waals surface area contributed by atoms with Crippen molar-refractivity contribution in [3.05, 3.63) is 77.1 Å². The van der Waals surface area contributed by atoms with E-state index in [1.807, 2.05) is 12.1 Å². The zero-order valence-electron chi connectivity index (χ0n) is 18.7. The van der Waals surface area contributed by atoms with E-state index in [4.69, 9.17) is 4.74 Å². The van der Waals surface area contributed by atoms with E-state index < -0.39 is 17.7 Å². The molecule has 0 bridgehead atoms. The number of fused-ring (bicyclic) bond motifs is 1. The summed E-state index contributed by atoms with van der Waals surface area (Å²) in [7, 11) is 1.58. The van der Waals surface area contributed by atoms with Gasteiger partial charge in [-0.2, -0.15) is 28.1 Å². The number of alkyl halides is 3. The summed E-state index contributed by atoms with van der Waals surface area (Å²) in [5.41, 5.74) is 2.46. The van der Waals surface area contributed by atoms with Gasteiger partial charge in [0.05, 0.1) is 30.3 Å². The van der Waals surface area contributed by atoms with Crippen molar-refractivity contribution in [1.82, 2.24) is 25.0 Å². The molecule has 5 rings (SSSR count). The van der Waals surface area contributed by atoms with E-state index in [1.165, 1.54) is 23.0 Å². The van der Waals surface area contributed by atoms with Crippen LogP contribution in [0.2, 0.25) is 0 Å². The normalized spacial score (nSPS) is 15.5. The Morgan fingerprint density at radius 3 is 2.46 bits per heavy atom. The van der Waals surface area contributed by atoms with Crippen LogP contribution in [0.4, 0.5) is 19.0 Å². The van der Waals surface area contributed by atoms with Gasteiger partial charge in [-0.05, 0) is 48.9 Å². The third-order valence-electron chi connectivity index (χ3n) is 5.87. The lowest BCUT2D eigenvalue weighted by molar-refractivity contribution is -0.137. The molecule has 1 N–H and O–H groups in total. The molecule has 4 aromatic rings. The first-order valence-corrected chi connectivity index (χ1v) is 10.7. The van der Waals surface area contributed by atoms with E-state index in [9.17, 15) is 18.0 Å². The summed E-state index contributed by atoms with van der Waals surface area (Å²) in [6.07, 6.45) is -2.85. The first-order valence-electron chi connectivity index (χ1n) is 10.7. The number of benzene rings is 2. The van der Waals surface area contributed by atoms with Crippen LogP contribution in [-0.2, 0) is 11.0 Å². The van der Waals surface area contributed by atoms with Gasteiger partial charge in [-0.25, -0.2) is 4.98 Å². The second-order valence-electron chi connectivity index (χ2n) is 8.05. The van der Waals surface area contributed by atoms with Gasteiger partial charge < -0.3 is 10.1 Å². The topological polar surface area (TPSA) is 94.8 Å². The number of halogens is 3. The lowest BCUT2D eigenvalue weighted by atomic mass is 9.85. The van der Waals surface area contributed by atoms with Crippen molar-refractivity contribution in [3.63, 3.8) is 0 Å². The van der Waals surface area contributed by atoms with Crippen LogP contribution in [0.15, 0.2) is 54.7 Å². The van der Waals surface area contributed by atoms with Gasteiger partial charge in [0.2, 0.25) is 5.91 Å². The van der Waals surface area contributed by atoms with Gasteiger partial charge in [-0.15, -0.1) is 5.10 Å². The number of anilines is 1. The van der Waals surface area contributed by atoms with Crippen molar-refractivity contribution in [3.8, 4) is 23.0 Å².